The summed E-state index contributed by atoms with van der Waals surface area (Å²) in [5.41, 5.74) is 6.92. The molecule has 4 nitrogen and oxygen atoms in total. The molecular formula is C13H20ClN3O. The first kappa shape index (κ1) is 14.8. The molecule has 0 spiro atoms. The monoisotopic (exact) mass is 269 g/mol. The highest BCUT2D eigenvalue weighted by molar-refractivity contribution is 5.85. The molecule has 2 rings (SSSR count). The van der Waals surface area contributed by atoms with E-state index in [0.717, 1.165) is 18.5 Å². The van der Waals surface area contributed by atoms with Gasteiger partial charge in [-0.3, -0.25) is 9.78 Å². The van der Waals surface area contributed by atoms with Crippen molar-refractivity contribution < 1.29 is 4.79 Å². The summed E-state index contributed by atoms with van der Waals surface area (Å²) in [6.45, 7) is 2.12. The number of carbonyl (C=O) groups is 1. The highest BCUT2D eigenvalue weighted by atomic mass is 35.5. The molecule has 1 fully saturated rings. The lowest BCUT2D eigenvalue weighted by Crippen LogP contribution is -2.44. The standard InChI is InChI=1S/C13H19N3O.ClH/c1-13(6-2-3-7-13)16-12(17)8-11-5-4-10(14)9-15-11;/h4-5,9H,2-3,6-8,14H2,1H3,(H,16,17);1H. The maximum Gasteiger partial charge on any atom is 0.226 e. The SMILES string of the molecule is CC1(NC(=O)Cc2ccc(N)cn2)CCCC1.Cl. The number of amides is 1. The first-order valence-electron chi connectivity index (χ1n) is 6.09. The van der Waals surface area contributed by atoms with Gasteiger partial charge in [0.1, 0.15) is 0 Å². The third-order valence-corrected chi connectivity index (χ3v) is 3.34. The number of halogens is 1. The molecule has 1 aromatic heterocycles. The second kappa shape index (κ2) is 6.05. The van der Waals surface area contributed by atoms with E-state index >= 15 is 0 Å². The number of pyridine rings is 1. The molecule has 1 aromatic rings. The maximum absolute atomic E-state index is 11.9. The van der Waals surface area contributed by atoms with Crippen molar-refractivity contribution in [1.82, 2.24) is 10.3 Å². The van der Waals surface area contributed by atoms with Crippen molar-refractivity contribution in [1.29, 1.82) is 0 Å². The van der Waals surface area contributed by atoms with Gasteiger partial charge in [0, 0.05) is 11.2 Å². The van der Waals surface area contributed by atoms with Crippen LogP contribution >= 0.6 is 12.4 Å². The summed E-state index contributed by atoms with van der Waals surface area (Å²) in [4.78, 5) is 16.0. The lowest BCUT2D eigenvalue weighted by Gasteiger charge is -2.25. The fraction of sp³-hybridized carbons (Fsp3) is 0.538. The van der Waals surface area contributed by atoms with Crippen LogP contribution in [0.25, 0.3) is 0 Å². The Morgan fingerprint density at radius 2 is 2.11 bits per heavy atom. The van der Waals surface area contributed by atoms with E-state index in [4.69, 9.17) is 5.73 Å². The molecule has 100 valence electrons. The number of nitrogens with two attached hydrogens (primary N) is 1. The van der Waals surface area contributed by atoms with Crippen LogP contribution in [-0.4, -0.2) is 16.4 Å². The summed E-state index contributed by atoms with van der Waals surface area (Å²) in [6.07, 6.45) is 6.48. The number of nitrogens with one attached hydrogen (secondary N) is 1. The molecule has 5 heteroatoms. The van der Waals surface area contributed by atoms with E-state index in [9.17, 15) is 4.79 Å². The van der Waals surface area contributed by atoms with Crippen molar-refractivity contribution in [3.63, 3.8) is 0 Å². The fourth-order valence-electron chi connectivity index (χ4n) is 2.37. The van der Waals surface area contributed by atoms with Crippen LogP contribution in [0.1, 0.15) is 38.3 Å². The number of hydrogen-bond donors (Lipinski definition) is 2. The average Bonchev–Trinajstić information content (AvgIpc) is 2.68. The van der Waals surface area contributed by atoms with Gasteiger partial charge in [0.15, 0.2) is 0 Å². The zero-order valence-corrected chi connectivity index (χ0v) is 11.4. The Kier molecular flexibility index (Phi) is 4.96. The topological polar surface area (TPSA) is 68.0 Å². The van der Waals surface area contributed by atoms with Crippen LogP contribution in [0.3, 0.4) is 0 Å². The van der Waals surface area contributed by atoms with Gasteiger partial charge in [-0.15, -0.1) is 12.4 Å². The molecule has 1 heterocycles. The first-order valence-corrected chi connectivity index (χ1v) is 6.09. The number of carbonyl (C=O) groups excluding carboxylic acids is 1. The van der Waals surface area contributed by atoms with Crippen LogP contribution in [0.2, 0.25) is 0 Å². The highest BCUT2D eigenvalue weighted by Gasteiger charge is 2.29. The van der Waals surface area contributed by atoms with E-state index in [-0.39, 0.29) is 23.9 Å². The smallest absolute Gasteiger partial charge is 0.226 e. The Morgan fingerprint density at radius 1 is 1.44 bits per heavy atom. The minimum absolute atomic E-state index is 0. The highest BCUT2D eigenvalue weighted by Crippen LogP contribution is 2.28. The normalized spacial score (nSPS) is 16.9. The predicted molar refractivity (Wildman–Crippen MR) is 74.6 cm³/mol. The van der Waals surface area contributed by atoms with Gasteiger partial charge in [0.2, 0.25) is 5.91 Å². The molecule has 0 bridgehead atoms. The van der Waals surface area contributed by atoms with Crippen LogP contribution in [0.4, 0.5) is 5.69 Å². The number of anilines is 1. The van der Waals surface area contributed by atoms with Crippen LogP contribution in [-0.2, 0) is 11.2 Å². The van der Waals surface area contributed by atoms with Gasteiger partial charge >= 0.3 is 0 Å². The Labute approximate surface area is 114 Å². The van der Waals surface area contributed by atoms with Gasteiger partial charge in [-0.2, -0.15) is 0 Å². The molecule has 0 aromatic carbocycles. The van der Waals surface area contributed by atoms with E-state index in [1.165, 1.54) is 12.8 Å². The summed E-state index contributed by atoms with van der Waals surface area (Å²) >= 11 is 0. The van der Waals surface area contributed by atoms with Gasteiger partial charge in [-0.1, -0.05) is 12.8 Å². The van der Waals surface area contributed by atoms with Crippen molar-refractivity contribution in [2.24, 2.45) is 0 Å². The Bertz CT molecular complexity index is 399. The second-order valence-corrected chi connectivity index (χ2v) is 5.08. The van der Waals surface area contributed by atoms with Crippen molar-refractivity contribution in [2.75, 3.05) is 5.73 Å². The lowest BCUT2D eigenvalue weighted by atomic mass is 10.0. The van der Waals surface area contributed by atoms with E-state index in [1.807, 2.05) is 0 Å². The van der Waals surface area contributed by atoms with E-state index in [1.54, 1.807) is 18.3 Å². The van der Waals surface area contributed by atoms with Crippen LogP contribution in [0, 0.1) is 0 Å². The predicted octanol–water partition coefficient (Wildman–Crippen LogP) is 2.08. The van der Waals surface area contributed by atoms with Crippen molar-refractivity contribution in [3.8, 4) is 0 Å². The van der Waals surface area contributed by atoms with Crippen molar-refractivity contribution >= 4 is 24.0 Å². The van der Waals surface area contributed by atoms with Gasteiger partial charge in [-0.05, 0) is 31.9 Å². The van der Waals surface area contributed by atoms with Gasteiger partial charge in [0.25, 0.3) is 0 Å². The minimum Gasteiger partial charge on any atom is -0.397 e. The quantitative estimate of drug-likeness (QED) is 0.883. The Morgan fingerprint density at radius 3 is 2.67 bits per heavy atom. The molecule has 1 aliphatic carbocycles. The fourth-order valence-corrected chi connectivity index (χ4v) is 2.37. The molecule has 3 N–H and O–H groups in total. The van der Waals surface area contributed by atoms with Crippen LogP contribution in [0.15, 0.2) is 18.3 Å². The van der Waals surface area contributed by atoms with Crippen LogP contribution in [0.5, 0.6) is 0 Å². The first-order chi connectivity index (χ1) is 8.07. The number of hydrogen-bond acceptors (Lipinski definition) is 3. The molecular weight excluding hydrogens is 250 g/mol. The molecule has 0 saturated heterocycles. The van der Waals surface area contributed by atoms with Crippen molar-refractivity contribution in [3.05, 3.63) is 24.0 Å². The Balaban J connectivity index is 0.00000162. The zero-order valence-electron chi connectivity index (χ0n) is 10.6. The molecule has 0 atom stereocenters. The number of nitrogen functional groups attached to an aromatic ring is 1. The summed E-state index contributed by atoms with van der Waals surface area (Å²) in [7, 11) is 0. The number of rotatable bonds is 3. The van der Waals surface area contributed by atoms with E-state index in [0.29, 0.717) is 12.1 Å². The molecule has 1 amide bonds. The van der Waals surface area contributed by atoms with Gasteiger partial charge in [0.05, 0.1) is 18.3 Å². The maximum atomic E-state index is 11.9. The van der Waals surface area contributed by atoms with Crippen LogP contribution < -0.4 is 11.1 Å². The molecule has 1 saturated carbocycles. The van der Waals surface area contributed by atoms with E-state index < -0.39 is 0 Å². The minimum atomic E-state index is -0.00904. The Hall–Kier alpha value is -1.29. The zero-order chi connectivity index (χ0) is 12.3. The van der Waals surface area contributed by atoms with Gasteiger partial charge in [-0.25, -0.2) is 0 Å². The van der Waals surface area contributed by atoms with Gasteiger partial charge < -0.3 is 11.1 Å². The van der Waals surface area contributed by atoms with Crippen molar-refractivity contribution in [2.45, 2.75) is 44.6 Å². The third kappa shape index (κ3) is 3.88. The number of aromatic nitrogens is 1. The average molecular weight is 270 g/mol. The second-order valence-electron chi connectivity index (χ2n) is 5.08. The largest absolute Gasteiger partial charge is 0.397 e. The summed E-state index contributed by atoms with van der Waals surface area (Å²) in [5, 5.41) is 3.11. The molecule has 0 radical (unpaired) electrons. The molecule has 18 heavy (non-hydrogen) atoms. The number of nitrogens with zero attached hydrogens (tertiary/aromatic N) is 1. The summed E-state index contributed by atoms with van der Waals surface area (Å²) < 4.78 is 0. The third-order valence-electron chi connectivity index (χ3n) is 3.34. The van der Waals surface area contributed by atoms with E-state index in [2.05, 4.69) is 17.2 Å². The summed E-state index contributed by atoms with van der Waals surface area (Å²) in [5.74, 6) is 0.0478. The summed E-state index contributed by atoms with van der Waals surface area (Å²) in [6, 6.07) is 3.57. The molecule has 0 unspecified atom stereocenters. The molecule has 0 aliphatic heterocycles. The lowest BCUT2D eigenvalue weighted by molar-refractivity contribution is -0.122. The molecule has 1 aliphatic rings.